The predicted octanol–water partition coefficient (Wildman–Crippen LogP) is 4.83. The monoisotopic (exact) mass is 430 g/mol. The van der Waals surface area contributed by atoms with E-state index in [2.05, 4.69) is 19.9 Å². The van der Waals surface area contributed by atoms with Gasteiger partial charge in [0.05, 0.1) is 24.6 Å². The van der Waals surface area contributed by atoms with Crippen molar-refractivity contribution >= 4 is 5.65 Å². The molecule has 0 aliphatic carbocycles. The van der Waals surface area contributed by atoms with Crippen molar-refractivity contribution in [1.82, 2.24) is 19.6 Å². The molecule has 0 aliphatic heterocycles. The fraction of sp³-hybridized carbons (Fsp3) is 0.421. The van der Waals surface area contributed by atoms with E-state index in [4.69, 9.17) is 4.74 Å². The van der Waals surface area contributed by atoms with Crippen LogP contribution in [0.25, 0.3) is 16.9 Å². The summed E-state index contributed by atoms with van der Waals surface area (Å²) in [6.45, 7) is 3.13. The Morgan fingerprint density at radius 3 is 2.50 bits per heavy atom. The summed E-state index contributed by atoms with van der Waals surface area (Å²) >= 11 is 0. The van der Waals surface area contributed by atoms with E-state index in [0.29, 0.717) is 22.4 Å². The van der Waals surface area contributed by atoms with Crippen LogP contribution >= 0.6 is 0 Å². The van der Waals surface area contributed by atoms with E-state index in [-0.39, 0.29) is 12.3 Å². The summed E-state index contributed by atoms with van der Waals surface area (Å²) in [5.41, 5.74) is 2.34. The zero-order chi connectivity index (χ0) is 22.1. The van der Waals surface area contributed by atoms with Crippen LogP contribution in [-0.2, 0) is 15.6 Å². The summed E-state index contributed by atoms with van der Waals surface area (Å²) in [4.78, 5) is 4.23. The number of ether oxygens (including phenoxy) is 2. The second-order valence-electron chi connectivity index (χ2n) is 6.62. The first-order valence-electron chi connectivity index (χ1n) is 9.04. The van der Waals surface area contributed by atoms with Crippen molar-refractivity contribution in [2.75, 3.05) is 13.2 Å². The number of rotatable bonds is 7. The minimum absolute atomic E-state index is 0.122. The molecule has 2 heterocycles. The van der Waals surface area contributed by atoms with Crippen LogP contribution in [0.1, 0.15) is 36.9 Å². The number of halogens is 5. The Morgan fingerprint density at radius 1 is 1.13 bits per heavy atom. The lowest BCUT2D eigenvalue weighted by molar-refractivity contribution is -0.251. The zero-order valence-electron chi connectivity index (χ0n) is 16.4. The third-order valence-corrected chi connectivity index (χ3v) is 4.37. The number of alkyl halides is 5. The van der Waals surface area contributed by atoms with Crippen LogP contribution < -0.4 is 0 Å². The average molecular weight is 430 g/mol. The molecule has 0 radical (unpaired) electrons. The number of benzene rings is 1. The molecule has 0 bridgehead atoms. The summed E-state index contributed by atoms with van der Waals surface area (Å²) < 4.78 is 75.8. The van der Waals surface area contributed by atoms with Crippen LogP contribution in [0.15, 0.2) is 30.6 Å². The lowest BCUT2D eigenvalue weighted by Gasteiger charge is -2.17. The molecule has 11 heteroatoms. The van der Waals surface area contributed by atoms with Gasteiger partial charge in [0.25, 0.3) is 0 Å². The SMILES string of the molecule is CCOC(F)(F)c1nnc2cnc(-c3ccc([C@H](C)OCC(F)(F)F)cc3C)cn12. The Hall–Kier alpha value is -2.66. The number of nitrogens with zero attached hydrogens (tertiary/aromatic N) is 4. The topological polar surface area (TPSA) is 61.5 Å². The molecule has 0 amide bonds. The molecule has 0 spiro atoms. The standard InChI is InChI=1S/C19H19F5N4O2/c1-4-30-19(23,24)17-27-26-16-8-25-15(9-28(16)17)14-6-5-13(7-11(14)2)12(3)29-10-18(20,21)22/h5-9,12H,4,10H2,1-3H3/t12-/m0/s1. The molecule has 0 N–H and O–H groups in total. The first-order chi connectivity index (χ1) is 14.0. The highest BCUT2D eigenvalue weighted by atomic mass is 19.4. The zero-order valence-corrected chi connectivity index (χ0v) is 16.4. The molecule has 2 aromatic heterocycles. The second kappa shape index (κ2) is 8.23. The third-order valence-electron chi connectivity index (χ3n) is 4.37. The van der Waals surface area contributed by atoms with E-state index in [1.165, 1.54) is 26.2 Å². The number of aryl methyl sites for hydroxylation is 1. The van der Waals surface area contributed by atoms with Crippen molar-refractivity contribution in [3.8, 4) is 11.3 Å². The highest BCUT2D eigenvalue weighted by Gasteiger charge is 2.38. The summed E-state index contributed by atoms with van der Waals surface area (Å²) in [5, 5.41) is 7.19. The Labute approximate surface area is 168 Å². The maximum atomic E-state index is 14.2. The van der Waals surface area contributed by atoms with Gasteiger partial charge in [-0.3, -0.25) is 9.38 Å². The molecule has 3 rings (SSSR count). The normalized spacial score (nSPS) is 13.7. The minimum Gasteiger partial charge on any atom is -0.364 e. The number of hydrogen-bond donors (Lipinski definition) is 0. The first kappa shape index (κ1) is 22.0. The lowest BCUT2D eigenvalue weighted by Crippen LogP contribution is -2.21. The maximum Gasteiger partial charge on any atom is 0.418 e. The molecule has 162 valence electrons. The molecule has 30 heavy (non-hydrogen) atoms. The first-order valence-corrected chi connectivity index (χ1v) is 9.04. The van der Waals surface area contributed by atoms with Crippen LogP contribution in [-0.4, -0.2) is 39.0 Å². The van der Waals surface area contributed by atoms with E-state index in [0.717, 1.165) is 4.40 Å². The van der Waals surface area contributed by atoms with Gasteiger partial charge >= 0.3 is 12.3 Å². The van der Waals surface area contributed by atoms with Crippen LogP contribution in [0, 0.1) is 6.92 Å². The Bertz CT molecular complexity index is 1040. The second-order valence-corrected chi connectivity index (χ2v) is 6.62. The smallest absolute Gasteiger partial charge is 0.364 e. The van der Waals surface area contributed by atoms with Crippen LogP contribution in [0.5, 0.6) is 0 Å². The van der Waals surface area contributed by atoms with E-state index >= 15 is 0 Å². The molecular weight excluding hydrogens is 411 g/mol. The van der Waals surface area contributed by atoms with Gasteiger partial charge < -0.3 is 9.47 Å². The van der Waals surface area contributed by atoms with Crippen LogP contribution in [0.4, 0.5) is 22.0 Å². The van der Waals surface area contributed by atoms with Gasteiger partial charge in [-0.25, -0.2) is 0 Å². The van der Waals surface area contributed by atoms with Crippen molar-refractivity contribution in [3.05, 3.63) is 47.5 Å². The van der Waals surface area contributed by atoms with Gasteiger partial charge in [0.2, 0.25) is 5.82 Å². The lowest BCUT2D eigenvalue weighted by atomic mass is 10.0. The van der Waals surface area contributed by atoms with Gasteiger partial charge in [0.1, 0.15) is 6.61 Å². The van der Waals surface area contributed by atoms with Crippen molar-refractivity contribution in [3.63, 3.8) is 0 Å². The van der Waals surface area contributed by atoms with Crippen LogP contribution in [0.3, 0.4) is 0 Å². The molecule has 1 aromatic carbocycles. The van der Waals surface area contributed by atoms with Gasteiger partial charge in [-0.15, -0.1) is 10.2 Å². The molecule has 6 nitrogen and oxygen atoms in total. The molecule has 0 fully saturated rings. The molecule has 1 atom stereocenters. The van der Waals surface area contributed by atoms with Crippen LogP contribution in [0.2, 0.25) is 0 Å². The molecule has 0 aliphatic rings. The minimum atomic E-state index is -4.41. The predicted molar refractivity (Wildman–Crippen MR) is 96.9 cm³/mol. The van der Waals surface area contributed by atoms with Crippen molar-refractivity contribution < 1.29 is 31.4 Å². The van der Waals surface area contributed by atoms with Crippen molar-refractivity contribution in [2.24, 2.45) is 0 Å². The molecule has 0 unspecified atom stereocenters. The summed E-state index contributed by atoms with van der Waals surface area (Å²) in [5.74, 6) is -0.675. The van der Waals surface area contributed by atoms with E-state index in [9.17, 15) is 22.0 Å². The molecular formula is C19H19F5N4O2. The van der Waals surface area contributed by atoms with E-state index < -0.39 is 30.8 Å². The van der Waals surface area contributed by atoms with Gasteiger partial charge in [0.15, 0.2) is 5.65 Å². The van der Waals surface area contributed by atoms with Crippen molar-refractivity contribution in [1.29, 1.82) is 0 Å². The van der Waals surface area contributed by atoms with E-state index in [1.54, 1.807) is 25.1 Å². The van der Waals surface area contributed by atoms with Gasteiger partial charge in [-0.1, -0.05) is 18.2 Å². The Morgan fingerprint density at radius 2 is 1.87 bits per heavy atom. The van der Waals surface area contributed by atoms with Gasteiger partial charge in [-0.2, -0.15) is 22.0 Å². The van der Waals surface area contributed by atoms with Gasteiger partial charge in [0, 0.05) is 11.8 Å². The summed E-state index contributed by atoms with van der Waals surface area (Å²) in [6, 6.07) is 4.93. The average Bonchev–Trinajstić information content (AvgIpc) is 3.09. The molecule has 0 saturated carbocycles. The van der Waals surface area contributed by atoms with Gasteiger partial charge in [-0.05, 0) is 31.9 Å². The summed E-state index contributed by atoms with van der Waals surface area (Å²) in [7, 11) is 0. The fourth-order valence-corrected chi connectivity index (χ4v) is 2.93. The van der Waals surface area contributed by atoms with E-state index in [1.807, 2.05) is 0 Å². The number of fused-ring (bicyclic) bond motifs is 1. The largest absolute Gasteiger partial charge is 0.418 e. The third kappa shape index (κ3) is 4.73. The molecule has 0 saturated heterocycles. The quantitative estimate of drug-likeness (QED) is 0.503. The fourth-order valence-electron chi connectivity index (χ4n) is 2.93. The Kier molecular flexibility index (Phi) is 6.04. The summed E-state index contributed by atoms with van der Waals surface area (Å²) in [6.07, 6.45) is -6.15. The molecule has 3 aromatic rings. The highest BCUT2D eigenvalue weighted by molar-refractivity contribution is 5.64. The Balaban J connectivity index is 1.92. The number of aromatic nitrogens is 4. The van der Waals surface area contributed by atoms with Crippen molar-refractivity contribution in [2.45, 2.75) is 39.2 Å². The number of hydrogen-bond acceptors (Lipinski definition) is 5. The highest BCUT2D eigenvalue weighted by Crippen LogP contribution is 2.31. The maximum absolute atomic E-state index is 14.2.